The van der Waals surface area contributed by atoms with E-state index in [0.717, 1.165) is 38.5 Å². The minimum absolute atomic E-state index is 0.352. The Bertz CT molecular complexity index is 346. The molecule has 1 heterocycles. The normalized spacial score (nSPS) is 24.5. The Morgan fingerprint density at radius 3 is 2.23 bits per heavy atom. The van der Waals surface area contributed by atoms with Gasteiger partial charge in [-0.15, -0.1) is 0 Å². The first kappa shape index (κ1) is 19.1. The van der Waals surface area contributed by atoms with Crippen molar-refractivity contribution in [3.63, 3.8) is 0 Å². The molecule has 1 unspecified atom stereocenters. The standard InChI is InChI=1S/C17H30O5/c1-5-8-11-17(12-9-6-2)20-14-16(4,21-22-17)13-10-15(18)19-7-3/h10,13H,5-9,11-12,14H2,1-4H3/b13-10+. The third-order valence-corrected chi connectivity index (χ3v) is 3.69. The van der Waals surface area contributed by atoms with Crippen molar-refractivity contribution in [2.24, 2.45) is 0 Å². The molecule has 22 heavy (non-hydrogen) atoms. The second-order valence-corrected chi connectivity index (χ2v) is 5.97. The van der Waals surface area contributed by atoms with Gasteiger partial charge in [0.25, 0.3) is 0 Å². The summed E-state index contributed by atoms with van der Waals surface area (Å²) in [5.41, 5.74) is -0.769. The molecule has 0 saturated carbocycles. The van der Waals surface area contributed by atoms with E-state index in [9.17, 15) is 4.79 Å². The molecule has 0 spiro atoms. The lowest BCUT2D eigenvalue weighted by Gasteiger charge is -2.42. The van der Waals surface area contributed by atoms with E-state index in [1.807, 2.05) is 6.92 Å². The van der Waals surface area contributed by atoms with Crippen molar-refractivity contribution in [3.8, 4) is 0 Å². The number of ether oxygens (including phenoxy) is 2. The van der Waals surface area contributed by atoms with Gasteiger partial charge in [0.15, 0.2) is 0 Å². The van der Waals surface area contributed by atoms with Crippen molar-refractivity contribution in [3.05, 3.63) is 12.2 Å². The number of unbranched alkanes of at least 4 members (excludes halogenated alkanes) is 2. The molecule has 128 valence electrons. The fourth-order valence-electron chi connectivity index (χ4n) is 2.25. The summed E-state index contributed by atoms with van der Waals surface area (Å²) >= 11 is 0. The monoisotopic (exact) mass is 314 g/mol. The fourth-order valence-corrected chi connectivity index (χ4v) is 2.25. The van der Waals surface area contributed by atoms with Gasteiger partial charge in [0, 0.05) is 18.9 Å². The smallest absolute Gasteiger partial charge is 0.330 e. The molecule has 1 atom stereocenters. The molecule has 0 aromatic rings. The SMILES string of the molecule is CCCCC1(CCCC)OCC(C)(/C=C/C(=O)OCC)OO1. The van der Waals surface area contributed by atoms with Crippen molar-refractivity contribution in [2.45, 2.75) is 77.6 Å². The van der Waals surface area contributed by atoms with Crippen LogP contribution in [-0.2, 0) is 24.0 Å². The van der Waals surface area contributed by atoms with Crippen molar-refractivity contribution in [1.82, 2.24) is 0 Å². The van der Waals surface area contributed by atoms with Gasteiger partial charge >= 0.3 is 5.97 Å². The second-order valence-electron chi connectivity index (χ2n) is 5.97. The van der Waals surface area contributed by atoms with E-state index in [2.05, 4.69) is 13.8 Å². The molecule has 0 radical (unpaired) electrons. The van der Waals surface area contributed by atoms with Crippen molar-refractivity contribution >= 4 is 5.97 Å². The third kappa shape index (κ3) is 6.07. The molecule has 1 aliphatic heterocycles. The Hall–Kier alpha value is -0.910. The van der Waals surface area contributed by atoms with Gasteiger partial charge in [0.2, 0.25) is 5.79 Å². The van der Waals surface area contributed by atoms with Gasteiger partial charge in [-0.2, -0.15) is 0 Å². The summed E-state index contributed by atoms with van der Waals surface area (Å²) in [6, 6.07) is 0. The Kier molecular flexibility index (Phi) is 8.07. The van der Waals surface area contributed by atoms with Crippen LogP contribution in [-0.4, -0.2) is 30.6 Å². The van der Waals surface area contributed by atoms with Crippen LogP contribution in [0, 0.1) is 0 Å². The summed E-state index contributed by atoms with van der Waals surface area (Å²) in [7, 11) is 0. The minimum Gasteiger partial charge on any atom is -0.463 e. The highest BCUT2D eigenvalue weighted by Crippen LogP contribution is 2.35. The molecule has 1 saturated heterocycles. The first-order valence-electron chi connectivity index (χ1n) is 8.36. The van der Waals surface area contributed by atoms with Gasteiger partial charge in [-0.1, -0.05) is 26.7 Å². The number of rotatable bonds is 9. The molecular formula is C17H30O5. The molecule has 0 aromatic heterocycles. The Balaban J connectivity index is 2.61. The summed E-state index contributed by atoms with van der Waals surface area (Å²) in [6.45, 7) is 8.59. The molecule has 0 aliphatic carbocycles. The largest absolute Gasteiger partial charge is 0.463 e. The molecule has 5 heteroatoms. The van der Waals surface area contributed by atoms with Crippen LogP contribution in [0.2, 0.25) is 0 Å². The molecule has 1 fully saturated rings. The molecule has 0 N–H and O–H groups in total. The highest BCUT2D eigenvalue weighted by Gasteiger charge is 2.42. The van der Waals surface area contributed by atoms with E-state index in [1.54, 1.807) is 13.0 Å². The zero-order valence-electron chi connectivity index (χ0n) is 14.4. The van der Waals surface area contributed by atoms with Crippen LogP contribution in [0.15, 0.2) is 12.2 Å². The van der Waals surface area contributed by atoms with Crippen LogP contribution in [0.1, 0.15) is 66.2 Å². The topological polar surface area (TPSA) is 54.0 Å². The Morgan fingerprint density at radius 2 is 1.77 bits per heavy atom. The van der Waals surface area contributed by atoms with Gasteiger partial charge < -0.3 is 9.47 Å². The molecule has 1 aliphatic rings. The van der Waals surface area contributed by atoms with Crippen LogP contribution < -0.4 is 0 Å². The zero-order chi connectivity index (χ0) is 16.5. The lowest BCUT2D eigenvalue weighted by molar-refractivity contribution is -0.503. The number of hydrogen-bond acceptors (Lipinski definition) is 5. The maximum Gasteiger partial charge on any atom is 0.330 e. The molecule has 0 amide bonds. The molecular weight excluding hydrogens is 284 g/mol. The first-order valence-corrected chi connectivity index (χ1v) is 8.36. The van der Waals surface area contributed by atoms with Gasteiger partial charge in [-0.3, -0.25) is 0 Å². The third-order valence-electron chi connectivity index (χ3n) is 3.69. The van der Waals surface area contributed by atoms with Crippen LogP contribution in [0.25, 0.3) is 0 Å². The summed E-state index contributed by atoms with van der Waals surface area (Å²) in [5, 5.41) is 0. The summed E-state index contributed by atoms with van der Waals surface area (Å²) in [4.78, 5) is 22.6. The molecule has 0 aromatic carbocycles. The lowest BCUT2D eigenvalue weighted by Crippen LogP contribution is -2.50. The maximum absolute atomic E-state index is 11.4. The van der Waals surface area contributed by atoms with E-state index >= 15 is 0 Å². The Morgan fingerprint density at radius 1 is 1.14 bits per heavy atom. The van der Waals surface area contributed by atoms with E-state index < -0.39 is 11.4 Å². The highest BCUT2D eigenvalue weighted by atomic mass is 17.2. The highest BCUT2D eigenvalue weighted by molar-refractivity contribution is 5.82. The number of carbonyl (C=O) groups is 1. The van der Waals surface area contributed by atoms with Crippen LogP contribution in [0.5, 0.6) is 0 Å². The quantitative estimate of drug-likeness (QED) is 0.367. The fraction of sp³-hybridized carbons (Fsp3) is 0.824. The summed E-state index contributed by atoms with van der Waals surface area (Å²) in [5.74, 6) is -1.04. The van der Waals surface area contributed by atoms with Crippen molar-refractivity contribution < 1.29 is 24.0 Å². The number of esters is 1. The second kappa shape index (κ2) is 9.28. The average molecular weight is 314 g/mol. The number of carbonyl (C=O) groups excluding carboxylic acids is 1. The van der Waals surface area contributed by atoms with Crippen molar-refractivity contribution in [1.29, 1.82) is 0 Å². The van der Waals surface area contributed by atoms with E-state index in [1.165, 1.54) is 6.08 Å². The summed E-state index contributed by atoms with van der Waals surface area (Å²) in [6.07, 6.45) is 8.87. The van der Waals surface area contributed by atoms with Gasteiger partial charge in [0.1, 0.15) is 5.60 Å². The van der Waals surface area contributed by atoms with E-state index in [4.69, 9.17) is 19.2 Å². The van der Waals surface area contributed by atoms with Crippen LogP contribution in [0.3, 0.4) is 0 Å². The molecule has 1 rings (SSSR count). The van der Waals surface area contributed by atoms with E-state index in [-0.39, 0.29) is 5.97 Å². The first-order chi connectivity index (χ1) is 10.5. The predicted molar refractivity (Wildman–Crippen MR) is 84.1 cm³/mol. The average Bonchev–Trinajstić information content (AvgIpc) is 2.52. The number of hydrogen-bond donors (Lipinski definition) is 0. The molecule has 0 bridgehead atoms. The molecule has 5 nitrogen and oxygen atoms in total. The van der Waals surface area contributed by atoms with E-state index in [0.29, 0.717) is 13.2 Å². The van der Waals surface area contributed by atoms with Crippen LogP contribution in [0.4, 0.5) is 0 Å². The Labute approximate surface area is 133 Å². The van der Waals surface area contributed by atoms with Crippen LogP contribution >= 0.6 is 0 Å². The predicted octanol–water partition coefficient (Wildman–Crippen LogP) is 3.92. The maximum atomic E-state index is 11.4. The zero-order valence-corrected chi connectivity index (χ0v) is 14.4. The summed E-state index contributed by atoms with van der Waals surface area (Å²) < 4.78 is 10.9. The lowest BCUT2D eigenvalue weighted by atomic mass is 10.0. The van der Waals surface area contributed by atoms with Crippen molar-refractivity contribution in [2.75, 3.05) is 13.2 Å². The van der Waals surface area contributed by atoms with Gasteiger partial charge in [0.05, 0.1) is 13.2 Å². The minimum atomic E-state index is -0.769. The van der Waals surface area contributed by atoms with Gasteiger partial charge in [-0.05, 0) is 32.8 Å². The van der Waals surface area contributed by atoms with Gasteiger partial charge in [-0.25, -0.2) is 14.6 Å².